The first-order valence-corrected chi connectivity index (χ1v) is 7.40. The van der Waals surface area contributed by atoms with Crippen LogP contribution in [0.3, 0.4) is 0 Å². The Balaban J connectivity index is 2.28. The Hall–Kier alpha value is -3.47. The molecule has 0 aliphatic heterocycles. The average molecular weight is 340 g/mol. The number of nitriles is 1. The summed E-state index contributed by atoms with van der Waals surface area (Å²) >= 11 is 0. The van der Waals surface area contributed by atoms with E-state index in [9.17, 15) is 19.7 Å². The summed E-state index contributed by atoms with van der Waals surface area (Å²) in [5, 5.41) is 22.6. The van der Waals surface area contributed by atoms with E-state index in [4.69, 9.17) is 5.26 Å². The molecule has 128 valence electrons. The standard InChI is InChI=1S/C17H16N4O4/c1-10-4-5-13(7-15(10)21(24)25)19-16(22)9-20-12(3)6-11(2)14(8-18)17(20)23/h4-7H,9H2,1-3H3,(H,19,22). The molecule has 1 N–H and O–H groups in total. The molecule has 25 heavy (non-hydrogen) atoms. The molecular weight excluding hydrogens is 324 g/mol. The minimum absolute atomic E-state index is 0.00984. The van der Waals surface area contributed by atoms with Crippen LogP contribution < -0.4 is 10.9 Å². The molecule has 1 aromatic carbocycles. The second-order valence-corrected chi connectivity index (χ2v) is 5.65. The number of carbonyl (C=O) groups is 1. The van der Waals surface area contributed by atoms with Crippen molar-refractivity contribution in [3.05, 3.63) is 67.1 Å². The second-order valence-electron chi connectivity index (χ2n) is 5.65. The van der Waals surface area contributed by atoms with Crippen molar-refractivity contribution in [2.24, 2.45) is 0 Å². The first-order chi connectivity index (χ1) is 11.7. The Morgan fingerprint density at radius 3 is 2.56 bits per heavy atom. The van der Waals surface area contributed by atoms with Crippen LogP contribution >= 0.6 is 0 Å². The number of nitro benzene ring substituents is 1. The number of pyridine rings is 1. The minimum Gasteiger partial charge on any atom is -0.324 e. The number of benzene rings is 1. The number of rotatable bonds is 4. The van der Waals surface area contributed by atoms with E-state index in [2.05, 4.69) is 5.32 Å². The molecule has 1 heterocycles. The Morgan fingerprint density at radius 1 is 1.28 bits per heavy atom. The number of nitrogens with zero attached hydrogens (tertiary/aromatic N) is 3. The van der Waals surface area contributed by atoms with Crippen molar-refractivity contribution in [2.75, 3.05) is 5.32 Å². The number of hydrogen-bond donors (Lipinski definition) is 1. The van der Waals surface area contributed by atoms with Crippen LogP contribution in [0.15, 0.2) is 29.1 Å². The molecule has 0 fully saturated rings. The molecule has 8 nitrogen and oxygen atoms in total. The lowest BCUT2D eigenvalue weighted by atomic mass is 10.1. The molecule has 2 rings (SSSR count). The van der Waals surface area contributed by atoms with Gasteiger partial charge in [-0.2, -0.15) is 5.26 Å². The smallest absolute Gasteiger partial charge is 0.274 e. The number of nitrogens with one attached hydrogen (secondary N) is 1. The van der Waals surface area contributed by atoms with Crippen LogP contribution in [0.4, 0.5) is 11.4 Å². The van der Waals surface area contributed by atoms with Gasteiger partial charge in [0.1, 0.15) is 18.2 Å². The van der Waals surface area contributed by atoms with Gasteiger partial charge in [0.05, 0.1) is 4.92 Å². The van der Waals surface area contributed by atoms with E-state index in [0.29, 0.717) is 16.8 Å². The molecular formula is C17H16N4O4. The third-order valence-corrected chi connectivity index (χ3v) is 3.81. The van der Waals surface area contributed by atoms with Crippen molar-refractivity contribution >= 4 is 17.3 Å². The number of amides is 1. The summed E-state index contributed by atoms with van der Waals surface area (Å²) in [7, 11) is 0. The molecule has 2 aromatic rings. The van der Waals surface area contributed by atoms with Gasteiger partial charge < -0.3 is 9.88 Å². The lowest BCUT2D eigenvalue weighted by molar-refractivity contribution is -0.385. The monoisotopic (exact) mass is 340 g/mol. The highest BCUT2D eigenvalue weighted by Gasteiger charge is 2.15. The first-order valence-electron chi connectivity index (χ1n) is 7.40. The third-order valence-electron chi connectivity index (χ3n) is 3.81. The van der Waals surface area contributed by atoms with Crippen molar-refractivity contribution < 1.29 is 9.72 Å². The Bertz CT molecular complexity index is 970. The third kappa shape index (κ3) is 3.72. The van der Waals surface area contributed by atoms with Crippen LogP contribution in [0.25, 0.3) is 0 Å². The number of anilines is 1. The lowest BCUT2D eigenvalue weighted by Crippen LogP contribution is -2.31. The summed E-state index contributed by atoms with van der Waals surface area (Å²) in [6.45, 7) is 4.63. The molecule has 1 aromatic heterocycles. The Kier molecular flexibility index (Phi) is 4.98. The molecule has 0 aliphatic carbocycles. The van der Waals surface area contributed by atoms with Gasteiger partial charge in [0, 0.05) is 23.0 Å². The van der Waals surface area contributed by atoms with E-state index >= 15 is 0 Å². The fourth-order valence-corrected chi connectivity index (χ4v) is 2.49. The number of carbonyl (C=O) groups excluding carboxylic acids is 1. The van der Waals surface area contributed by atoms with Gasteiger partial charge in [-0.05, 0) is 38.5 Å². The molecule has 8 heteroatoms. The lowest BCUT2D eigenvalue weighted by Gasteiger charge is -2.12. The predicted octanol–water partition coefficient (Wildman–Crippen LogP) is 2.19. The van der Waals surface area contributed by atoms with Gasteiger partial charge in [-0.3, -0.25) is 19.7 Å². The maximum Gasteiger partial charge on any atom is 0.274 e. The second kappa shape index (κ2) is 6.97. The zero-order valence-electron chi connectivity index (χ0n) is 14.0. The van der Waals surface area contributed by atoms with E-state index in [0.717, 1.165) is 0 Å². The van der Waals surface area contributed by atoms with Gasteiger partial charge in [-0.15, -0.1) is 0 Å². The van der Waals surface area contributed by atoms with Gasteiger partial charge in [0.25, 0.3) is 11.2 Å². The summed E-state index contributed by atoms with van der Waals surface area (Å²) in [5.41, 5.74) is 1.19. The van der Waals surface area contributed by atoms with Gasteiger partial charge in [-0.25, -0.2) is 0 Å². The van der Waals surface area contributed by atoms with Crippen molar-refractivity contribution in [3.8, 4) is 6.07 Å². The van der Waals surface area contributed by atoms with Crippen LogP contribution in [0.5, 0.6) is 0 Å². The average Bonchev–Trinajstić information content (AvgIpc) is 2.53. The predicted molar refractivity (Wildman–Crippen MR) is 91.4 cm³/mol. The number of nitro groups is 1. The quantitative estimate of drug-likeness (QED) is 0.676. The highest BCUT2D eigenvalue weighted by Crippen LogP contribution is 2.22. The molecule has 0 spiro atoms. The largest absolute Gasteiger partial charge is 0.324 e. The topological polar surface area (TPSA) is 118 Å². The maximum atomic E-state index is 12.3. The van der Waals surface area contributed by atoms with Gasteiger partial charge >= 0.3 is 0 Å². The Morgan fingerprint density at radius 2 is 1.96 bits per heavy atom. The van der Waals surface area contributed by atoms with E-state index in [-0.39, 0.29) is 23.5 Å². The van der Waals surface area contributed by atoms with E-state index < -0.39 is 16.4 Å². The fourth-order valence-electron chi connectivity index (χ4n) is 2.49. The molecule has 0 radical (unpaired) electrons. The Labute approximate surface area is 143 Å². The van der Waals surface area contributed by atoms with E-state index in [1.807, 2.05) is 6.07 Å². The van der Waals surface area contributed by atoms with E-state index in [1.54, 1.807) is 32.9 Å². The zero-order chi connectivity index (χ0) is 18.7. The van der Waals surface area contributed by atoms with Gasteiger partial charge in [0.2, 0.25) is 5.91 Å². The van der Waals surface area contributed by atoms with Crippen LogP contribution in [0, 0.1) is 42.2 Å². The molecule has 0 unspecified atom stereocenters. The summed E-state index contributed by atoms with van der Waals surface area (Å²) in [4.78, 5) is 34.9. The number of aryl methyl sites for hydroxylation is 3. The zero-order valence-corrected chi connectivity index (χ0v) is 14.0. The molecule has 0 atom stereocenters. The molecule has 0 bridgehead atoms. The van der Waals surface area contributed by atoms with Crippen LogP contribution in [-0.4, -0.2) is 15.4 Å². The van der Waals surface area contributed by atoms with Gasteiger partial charge in [-0.1, -0.05) is 6.07 Å². The summed E-state index contributed by atoms with van der Waals surface area (Å²) in [5.74, 6) is -0.518. The first kappa shape index (κ1) is 17.9. The number of aromatic nitrogens is 1. The summed E-state index contributed by atoms with van der Waals surface area (Å²) < 4.78 is 1.20. The van der Waals surface area contributed by atoms with Crippen molar-refractivity contribution in [3.63, 3.8) is 0 Å². The number of hydrogen-bond acceptors (Lipinski definition) is 5. The molecule has 0 saturated heterocycles. The molecule has 0 saturated carbocycles. The highest BCUT2D eigenvalue weighted by atomic mass is 16.6. The normalized spacial score (nSPS) is 10.2. The minimum atomic E-state index is -0.537. The summed E-state index contributed by atoms with van der Waals surface area (Å²) in [6.07, 6.45) is 0. The van der Waals surface area contributed by atoms with E-state index in [1.165, 1.54) is 16.7 Å². The van der Waals surface area contributed by atoms with Crippen molar-refractivity contribution in [2.45, 2.75) is 27.3 Å². The molecule has 1 amide bonds. The van der Waals surface area contributed by atoms with Crippen LogP contribution in [-0.2, 0) is 11.3 Å². The SMILES string of the molecule is Cc1ccc(NC(=O)Cn2c(C)cc(C)c(C#N)c2=O)cc1[N+](=O)[O-]. The summed E-state index contributed by atoms with van der Waals surface area (Å²) in [6, 6.07) is 7.84. The van der Waals surface area contributed by atoms with Crippen LogP contribution in [0.2, 0.25) is 0 Å². The fraction of sp³-hybridized carbons (Fsp3) is 0.235. The van der Waals surface area contributed by atoms with Crippen LogP contribution in [0.1, 0.15) is 22.4 Å². The highest BCUT2D eigenvalue weighted by molar-refractivity contribution is 5.91. The van der Waals surface area contributed by atoms with Gasteiger partial charge in [0.15, 0.2) is 0 Å². The van der Waals surface area contributed by atoms with Crippen molar-refractivity contribution in [1.82, 2.24) is 4.57 Å². The van der Waals surface area contributed by atoms with Crippen molar-refractivity contribution in [1.29, 1.82) is 5.26 Å². The molecule has 0 aliphatic rings. The maximum absolute atomic E-state index is 12.3.